The molecule has 1 N–H and O–H groups in total. The van der Waals surface area contributed by atoms with Crippen LogP contribution in [0.25, 0.3) is 0 Å². The average Bonchev–Trinajstić information content (AvgIpc) is 2.63. The number of benzene rings is 1. The Hall–Kier alpha value is -2.94. The second kappa shape index (κ2) is 8.60. The number of nitriles is 1. The molecule has 152 valence electrons. The van der Waals surface area contributed by atoms with E-state index in [2.05, 4.69) is 5.32 Å². The van der Waals surface area contributed by atoms with Crippen LogP contribution in [-0.4, -0.2) is 10.5 Å². The number of nitrogens with one attached hydrogen (secondary N) is 1. The Bertz CT molecular complexity index is 1030. The number of pyridine rings is 1. The quantitative estimate of drug-likeness (QED) is 0.798. The minimum atomic E-state index is -0.360. The van der Waals surface area contributed by atoms with E-state index in [0.29, 0.717) is 29.8 Å². The van der Waals surface area contributed by atoms with Crippen molar-refractivity contribution in [2.75, 3.05) is 0 Å². The predicted octanol–water partition coefficient (Wildman–Crippen LogP) is 4.16. The van der Waals surface area contributed by atoms with Crippen molar-refractivity contribution in [1.29, 1.82) is 5.26 Å². The normalized spacial score (nSPS) is 14.7. The molecule has 2 aromatic rings. The van der Waals surface area contributed by atoms with Crippen molar-refractivity contribution in [3.05, 3.63) is 68.4 Å². The van der Waals surface area contributed by atoms with E-state index in [9.17, 15) is 19.2 Å². The van der Waals surface area contributed by atoms with Gasteiger partial charge in [-0.1, -0.05) is 25.5 Å². The van der Waals surface area contributed by atoms with Gasteiger partial charge in [-0.2, -0.15) is 5.26 Å². The van der Waals surface area contributed by atoms with Crippen LogP contribution in [0, 0.1) is 36.9 Å². The van der Waals surface area contributed by atoms with Gasteiger partial charge in [0.15, 0.2) is 0 Å². The molecule has 29 heavy (non-hydrogen) atoms. The maximum atomic E-state index is 13.8. The molecule has 3 rings (SSSR count). The van der Waals surface area contributed by atoms with Gasteiger partial charge in [-0.15, -0.1) is 0 Å². The van der Waals surface area contributed by atoms with Crippen molar-refractivity contribution in [3.8, 4) is 6.07 Å². The number of carbonyl (C=O) groups is 1. The van der Waals surface area contributed by atoms with E-state index in [1.165, 1.54) is 16.7 Å². The number of amides is 1. The lowest BCUT2D eigenvalue weighted by molar-refractivity contribution is 0.0898. The molecule has 5 nitrogen and oxygen atoms in total. The summed E-state index contributed by atoms with van der Waals surface area (Å²) in [5.41, 5.74) is 1.68. The van der Waals surface area contributed by atoms with E-state index in [4.69, 9.17) is 0 Å². The van der Waals surface area contributed by atoms with Crippen molar-refractivity contribution in [2.24, 2.45) is 5.92 Å². The summed E-state index contributed by atoms with van der Waals surface area (Å²) in [5.74, 6) is -0.419. The first-order valence-corrected chi connectivity index (χ1v) is 10.1. The monoisotopic (exact) mass is 395 g/mol. The Balaban J connectivity index is 2.04. The van der Waals surface area contributed by atoms with Gasteiger partial charge in [-0.05, 0) is 62.3 Å². The molecular weight excluding hydrogens is 369 g/mol. The molecular formula is C23H26FN3O2. The third-order valence-electron chi connectivity index (χ3n) is 5.88. The van der Waals surface area contributed by atoms with Crippen LogP contribution in [0.5, 0.6) is 0 Å². The van der Waals surface area contributed by atoms with Crippen molar-refractivity contribution in [2.45, 2.75) is 59.0 Å². The fraction of sp³-hybridized carbons (Fsp3) is 0.435. The fourth-order valence-electron chi connectivity index (χ4n) is 4.10. The molecule has 0 radical (unpaired) electrons. The van der Waals surface area contributed by atoms with Gasteiger partial charge in [0.2, 0.25) is 0 Å². The summed E-state index contributed by atoms with van der Waals surface area (Å²) < 4.78 is 15.3. The van der Waals surface area contributed by atoms with Crippen LogP contribution in [0.1, 0.15) is 71.4 Å². The number of aromatic nitrogens is 1. The van der Waals surface area contributed by atoms with Crippen LogP contribution in [0.2, 0.25) is 0 Å². The van der Waals surface area contributed by atoms with E-state index in [-0.39, 0.29) is 34.8 Å². The highest BCUT2D eigenvalue weighted by Crippen LogP contribution is 2.38. The number of halogens is 1. The zero-order valence-electron chi connectivity index (χ0n) is 17.1. The fourth-order valence-corrected chi connectivity index (χ4v) is 4.10. The van der Waals surface area contributed by atoms with Gasteiger partial charge < -0.3 is 9.88 Å². The molecule has 1 atom stereocenters. The summed E-state index contributed by atoms with van der Waals surface area (Å²) in [7, 11) is 0. The molecule has 6 heteroatoms. The Labute approximate surface area is 170 Å². The number of hydrogen-bond donors (Lipinski definition) is 1. The van der Waals surface area contributed by atoms with Crippen molar-refractivity contribution in [3.63, 3.8) is 0 Å². The highest BCUT2D eigenvalue weighted by molar-refractivity contribution is 5.97. The van der Waals surface area contributed by atoms with Crippen molar-refractivity contribution < 1.29 is 9.18 Å². The van der Waals surface area contributed by atoms with Gasteiger partial charge in [-0.3, -0.25) is 9.59 Å². The largest absolute Gasteiger partial charge is 0.345 e. The number of rotatable bonds is 6. The van der Waals surface area contributed by atoms with Crippen molar-refractivity contribution >= 4 is 5.91 Å². The lowest BCUT2D eigenvalue weighted by Gasteiger charge is -2.35. The van der Waals surface area contributed by atoms with Crippen LogP contribution in [0.4, 0.5) is 4.39 Å². The minimum Gasteiger partial charge on any atom is -0.345 e. The molecule has 0 unspecified atom stereocenters. The summed E-state index contributed by atoms with van der Waals surface area (Å²) in [6.45, 7) is 5.75. The predicted molar refractivity (Wildman–Crippen MR) is 109 cm³/mol. The lowest BCUT2D eigenvalue weighted by atomic mass is 9.77. The smallest absolute Gasteiger partial charge is 0.268 e. The second-order valence-electron chi connectivity index (χ2n) is 7.73. The first-order chi connectivity index (χ1) is 13.9. The molecule has 1 aromatic carbocycles. The van der Waals surface area contributed by atoms with Crippen LogP contribution in [-0.2, 0) is 6.54 Å². The topological polar surface area (TPSA) is 74.9 Å². The molecule has 1 aliphatic rings. The van der Waals surface area contributed by atoms with Gasteiger partial charge in [0, 0.05) is 12.2 Å². The second-order valence-corrected chi connectivity index (χ2v) is 7.73. The molecule has 0 saturated heterocycles. The molecule has 1 amide bonds. The van der Waals surface area contributed by atoms with E-state index in [1.807, 2.05) is 19.1 Å². The average molecular weight is 395 g/mol. The highest BCUT2D eigenvalue weighted by Gasteiger charge is 2.31. The van der Waals surface area contributed by atoms with E-state index in [1.54, 1.807) is 19.9 Å². The molecule has 0 spiro atoms. The number of carbonyl (C=O) groups excluding carboxylic acids is 1. The SMILES string of the molecule is CCCn1c(C)c(C(=O)N[C@H](c2cccc(F)c2)C2CCC2)c(C)c(C#N)c1=O. The van der Waals surface area contributed by atoms with E-state index in [0.717, 1.165) is 24.8 Å². The third-order valence-corrected chi connectivity index (χ3v) is 5.88. The Kier molecular flexibility index (Phi) is 6.17. The standard InChI is InChI=1S/C23H26FN3O2/c1-4-11-27-15(3)20(14(2)19(13-25)23(27)29)22(28)26-21(16-7-5-8-16)17-9-6-10-18(24)12-17/h6,9-10,12,16,21H,4-5,7-8,11H2,1-3H3,(H,26,28)/t21-/m0/s1. The van der Waals surface area contributed by atoms with Crippen LogP contribution >= 0.6 is 0 Å². The third kappa shape index (κ3) is 3.95. The number of hydrogen-bond acceptors (Lipinski definition) is 3. The Morgan fingerprint density at radius 1 is 1.38 bits per heavy atom. The molecule has 0 aliphatic heterocycles. The van der Waals surface area contributed by atoms with E-state index >= 15 is 0 Å². The molecule has 1 fully saturated rings. The van der Waals surface area contributed by atoms with E-state index < -0.39 is 0 Å². The summed E-state index contributed by atoms with van der Waals surface area (Å²) in [6, 6.07) is 7.97. The van der Waals surface area contributed by atoms with Gasteiger partial charge in [-0.25, -0.2) is 4.39 Å². The highest BCUT2D eigenvalue weighted by atomic mass is 19.1. The molecule has 1 heterocycles. The van der Waals surface area contributed by atoms with Gasteiger partial charge >= 0.3 is 0 Å². The summed E-state index contributed by atoms with van der Waals surface area (Å²) in [6.07, 6.45) is 3.74. The zero-order valence-corrected chi connectivity index (χ0v) is 17.1. The molecule has 1 aliphatic carbocycles. The molecule has 1 aromatic heterocycles. The van der Waals surface area contributed by atoms with Gasteiger partial charge in [0.1, 0.15) is 17.4 Å². The summed E-state index contributed by atoms with van der Waals surface area (Å²) in [4.78, 5) is 25.9. The van der Waals surface area contributed by atoms with Gasteiger partial charge in [0.05, 0.1) is 11.6 Å². The van der Waals surface area contributed by atoms with Crippen LogP contribution in [0.15, 0.2) is 29.1 Å². The van der Waals surface area contributed by atoms with Crippen molar-refractivity contribution in [1.82, 2.24) is 9.88 Å². The maximum Gasteiger partial charge on any atom is 0.268 e. The molecule has 0 bridgehead atoms. The maximum absolute atomic E-state index is 13.8. The summed E-state index contributed by atoms with van der Waals surface area (Å²) in [5, 5.41) is 12.5. The number of nitrogens with zero attached hydrogens (tertiary/aromatic N) is 2. The van der Waals surface area contributed by atoms with Crippen LogP contribution in [0.3, 0.4) is 0 Å². The lowest BCUT2D eigenvalue weighted by Crippen LogP contribution is -2.38. The molecule has 1 saturated carbocycles. The van der Waals surface area contributed by atoms with Crippen LogP contribution < -0.4 is 10.9 Å². The van der Waals surface area contributed by atoms with Gasteiger partial charge in [0.25, 0.3) is 11.5 Å². The Morgan fingerprint density at radius 2 is 2.10 bits per heavy atom. The first kappa shape index (κ1) is 20.8. The summed E-state index contributed by atoms with van der Waals surface area (Å²) >= 11 is 0. The zero-order chi connectivity index (χ0) is 21.1. The first-order valence-electron chi connectivity index (χ1n) is 10.1. The Morgan fingerprint density at radius 3 is 2.66 bits per heavy atom. The minimum absolute atomic E-state index is 0.000139.